The molecule has 6 nitrogen and oxygen atoms in total. The van der Waals surface area contributed by atoms with Crippen LogP contribution in [0, 0.1) is 0 Å². The van der Waals surface area contributed by atoms with E-state index in [1.165, 1.54) is 0 Å². The number of hydrogen-bond acceptors (Lipinski definition) is 5. The summed E-state index contributed by atoms with van der Waals surface area (Å²) in [7, 11) is 0. The van der Waals surface area contributed by atoms with Gasteiger partial charge in [-0.1, -0.05) is 6.92 Å². The number of carbonyl (C=O) groups is 1. The van der Waals surface area contributed by atoms with E-state index in [1.807, 2.05) is 11.8 Å². The molecule has 6 heteroatoms. The third kappa shape index (κ3) is 5.97. The smallest absolute Gasteiger partial charge is 0.231 e. The highest BCUT2D eigenvalue weighted by atomic mass is 16.3. The number of carbonyl (C=O) groups excluding carboxylic acids is 1. The second kappa shape index (κ2) is 7.60. The molecule has 1 heterocycles. The molecule has 1 aliphatic rings. The van der Waals surface area contributed by atoms with Gasteiger partial charge in [0.2, 0.25) is 5.91 Å². The van der Waals surface area contributed by atoms with Crippen molar-refractivity contribution >= 4 is 5.91 Å². The molecular weight excluding hydrogens is 220 g/mol. The van der Waals surface area contributed by atoms with Crippen molar-refractivity contribution in [1.29, 1.82) is 0 Å². The highest BCUT2D eigenvalue weighted by Gasteiger charge is 2.17. The minimum absolute atomic E-state index is 0.217. The standard InChI is InChI=1S/C11H24N4O2/c1-2-14(9-11(12)17)7-10(16)8-15-5-3-13-4-6-15/h10,13,16H,2-9H2,1H3,(H2,12,17). The lowest BCUT2D eigenvalue weighted by Gasteiger charge is -2.30. The van der Waals surface area contributed by atoms with E-state index in [-0.39, 0.29) is 12.5 Å². The third-order valence-corrected chi connectivity index (χ3v) is 2.97. The average molecular weight is 244 g/mol. The van der Waals surface area contributed by atoms with E-state index >= 15 is 0 Å². The van der Waals surface area contributed by atoms with Gasteiger partial charge in [-0.25, -0.2) is 0 Å². The van der Waals surface area contributed by atoms with Gasteiger partial charge in [0.25, 0.3) is 0 Å². The van der Waals surface area contributed by atoms with Gasteiger partial charge in [-0.2, -0.15) is 0 Å². The summed E-state index contributed by atoms with van der Waals surface area (Å²) in [4.78, 5) is 14.9. The first-order valence-corrected chi connectivity index (χ1v) is 6.23. The van der Waals surface area contributed by atoms with E-state index < -0.39 is 6.10 Å². The minimum Gasteiger partial charge on any atom is -0.390 e. The van der Waals surface area contributed by atoms with Crippen LogP contribution in [-0.2, 0) is 4.79 Å². The molecule has 0 aliphatic carbocycles. The molecule has 1 atom stereocenters. The summed E-state index contributed by atoms with van der Waals surface area (Å²) in [5.41, 5.74) is 5.15. The SMILES string of the molecule is CCN(CC(N)=O)CC(O)CN1CCNCC1. The molecule has 0 spiro atoms. The number of nitrogens with zero attached hydrogens (tertiary/aromatic N) is 2. The Morgan fingerprint density at radius 1 is 1.53 bits per heavy atom. The van der Waals surface area contributed by atoms with Gasteiger partial charge in [0.1, 0.15) is 0 Å². The molecule has 1 aliphatic heterocycles. The molecule has 1 rings (SSSR count). The Labute approximate surface area is 103 Å². The molecule has 0 aromatic heterocycles. The summed E-state index contributed by atoms with van der Waals surface area (Å²) in [5, 5.41) is 13.2. The van der Waals surface area contributed by atoms with Crippen LogP contribution in [0.4, 0.5) is 0 Å². The molecular formula is C11H24N4O2. The summed E-state index contributed by atoms with van der Waals surface area (Å²) in [6, 6.07) is 0. The molecule has 0 radical (unpaired) electrons. The molecule has 0 aromatic rings. The maximum Gasteiger partial charge on any atom is 0.231 e. The Morgan fingerprint density at radius 2 is 2.18 bits per heavy atom. The van der Waals surface area contributed by atoms with E-state index in [1.54, 1.807) is 0 Å². The number of piperazine rings is 1. The van der Waals surface area contributed by atoms with Crippen LogP contribution >= 0.6 is 0 Å². The quantitative estimate of drug-likeness (QED) is 0.485. The molecule has 4 N–H and O–H groups in total. The van der Waals surface area contributed by atoms with Crippen molar-refractivity contribution in [1.82, 2.24) is 15.1 Å². The van der Waals surface area contributed by atoms with Crippen LogP contribution in [0.5, 0.6) is 0 Å². The van der Waals surface area contributed by atoms with Gasteiger partial charge >= 0.3 is 0 Å². The predicted octanol–water partition coefficient (Wildman–Crippen LogP) is -1.94. The molecule has 1 unspecified atom stereocenters. The summed E-state index contributed by atoms with van der Waals surface area (Å²) in [5.74, 6) is -0.346. The molecule has 17 heavy (non-hydrogen) atoms. The Kier molecular flexibility index (Phi) is 6.43. The number of β-amino-alcohol motifs (C(OH)–C–C–N with tert-alkyl or cyclic N) is 1. The van der Waals surface area contributed by atoms with Gasteiger partial charge in [0, 0.05) is 39.3 Å². The number of amides is 1. The number of primary amides is 1. The van der Waals surface area contributed by atoms with Crippen LogP contribution in [-0.4, -0.2) is 79.3 Å². The molecule has 0 aromatic carbocycles. The number of nitrogens with two attached hydrogens (primary N) is 1. The van der Waals surface area contributed by atoms with Crippen molar-refractivity contribution in [3.05, 3.63) is 0 Å². The normalized spacial score (nSPS) is 19.5. The third-order valence-electron chi connectivity index (χ3n) is 2.97. The predicted molar refractivity (Wildman–Crippen MR) is 66.6 cm³/mol. The van der Waals surface area contributed by atoms with E-state index in [4.69, 9.17) is 5.73 Å². The first kappa shape index (κ1) is 14.4. The average Bonchev–Trinajstić information content (AvgIpc) is 2.28. The van der Waals surface area contributed by atoms with Crippen molar-refractivity contribution < 1.29 is 9.90 Å². The van der Waals surface area contributed by atoms with Crippen LogP contribution in [0.3, 0.4) is 0 Å². The van der Waals surface area contributed by atoms with Gasteiger partial charge in [-0.05, 0) is 6.54 Å². The fraction of sp³-hybridized carbons (Fsp3) is 0.909. The summed E-state index contributed by atoms with van der Waals surface area (Å²) < 4.78 is 0. The maximum atomic E-state index is 10.8. The van der Waals surface area contributed by atoms with E-state index in [9.17, 15) is 9.90 Å². The van der Waals surface area contributed by atoms with E-state index in [2.05, 4.69) is 10.2 Å². The fourth-order valence-electron chi connectivity index (χ4n) is 2.07. The fourth-order valence-corrected chi connectivity index (χ4v) is 2.07. The molecule has 100 valence electrons. The molecule has 1 amide bonds. The Hall–Kier alpha value is -0.690. The highest BCUT2D eigenvalue weighted by Crippen LogP contribution is 1.98. The van der Waals surface area contributed by atoms with Crippen molar-refractivity contribution in [3.8, 4) is 0 Å². The zero-order valence-electron chi connectivity index (χ0n) is 10.6. The number of aliphatic hydroxyl groups excluding tert-OH is 1. The van der Waals surface area contributed by atoms with Gasteiger partial charge in [0.15, 0.2) is 0 Å². The number of hydrogen-bond donors (Lipinski definition) is 3. The first-order chi connectivity index (χ1) is 8.11. The number of aliphatic hydroxyl groups is 1. The Balaban J connectivity index is 2.25. The van der Waals surface area contributed by atoms with Gasteiger partial charge in [-0.3, -0.25) is 14.6 Å². The van der Waals surface area contributed by atoms with Crippen molar-refractivity contribution in [3.63, 3.8) is 0 Å². The number of likely N-dealkylation sites (N-methyl/N-ethyl adjacent to an activating group) is 1. The lowest BCUT2D eigenvalue weighted by molar-refractivity contribution is -0.119. The first-order valence-electron chi connectivity index (χ1n) is 6.23. The van der Waals surface area contributed by atoms with Gasteiger partial charge in [-0.15, -0.1) is 0 Å². The zero-order valence-corrected chi connectivity index (χ0v) is 10.6. The lowest BCUT2D eigenvalue weighted by Crippen LogP contribution is -2.49. The highest BCUT2D eigenvalue weighted by molar-refractivity contribution is 5.75. The van der Waals surface area contributed by atoms with Crippen LogP contribution < -0.4 is 11.1 Å². The van der Waals surface area contributed by atoms with Crippen LogP contribution in [0.2, 0.25) is 0 Å². The summed E-state index contributed by atoms with van der Waals surface area (Å²) in [6.45, 7) is 7.96. The van der Waals surface area contributed by atoms with Crippen LogP contribution in [0.25, 0.3) is 0 Å². The molecule has 0 bridgehead atoms. The minimum atomic E-state index is -0.424. The van der Waals surface area contributed by atoms with Crippen LogP contribution in [0.1, 0.15) is 6.92 Å². The van der Waals surface area contributed by atoms with Crippen LogP contribution in [0.15, 0.2) is 0 Å². The van der Waals surface area contributed by atoms with Gasteiger partial charge in [0.05, 0.1) is 12.6 Å². The van der Waals surface area contributed by atoms with Gasteiger partial charge < -0.3 is 16.2 Å². The summed E-state index contributed by atoms with van der Waals surface area (Å²) in [6.07, 6.45) is -0.424. The largest absolute Gasteiger partial charge is 0.390 e. The zero-order chi connectivity index (χ0) is 12.7. The second-order valence-corrected chi connectivity index (χ2v) is 4.50. The molecule has 0 saturated carbocycles. The molecule has 1 fully saturated rings. The van der Waals surface area contributed by atoms with Crippen molar-refractivity contribution in [2.24, 2.45) is 5.73 Å². The van der Waals surface area contributed by atoms with Crippen molar-refractivity contribution in [2.45, 2.75) is 13.0 Å². The Morgan fingerprint density at radius 3 is 2.71 bits per heavy atom. The molecule has 1 saturated heterocycles. The van der Waals surface area contributed by atoms with E-state index in [0.717, 1.165) is 32.7 Å². The monoisotopic (exact) mass is 244 g/mol. The lowest BCUT2D eigenvalue weighted by atomic mass is 10.2. The van der Waals surface area contributed by atoms with Crippen molar-refractivity contribution in [2.75, 3.05) is 52.4 Å². The Bertz CT molecular complexity index is 232. The van der Waals surface area contributed by atoms with E-state index in [0.29, 0.717) is 13.1 Å². The maximum absolute atomic E-state index is 10.8. The number of nitrogens with one attached hydrogen (secondary N) is 1. The topological polar surface area (TPSA) is 81.8 Å². The second-order valence-electron chi connectivity index (χ2n) is 4.50. The summed E-state index contributed by atoms with van der Waals surface area (Å²) >= 11 is 0. The number of rotatable bonds is 7.